The van der Waals surface area contributed by atoms with E-state index in [2.05, 4.69) is 10.3 Å². The number of hydrogen-bond acceptors (Lipinski definition) is 3. The minimum Gasteiger partial charge on any atom is -0.494 e. The van der Waals surface area contributed by atoms with E-state index >= 15 is 0 Å². The molecule has 2 rings (SSSR count). The lowest BCUT2D eigenvalue weighted by molar-refractivity contribution is 0.102. The van der Waals surface area contributed by atoms with Gasteiger partial charge in [-0.25, -0.2) is 4.39 Å². The minimum atomic E-state index is -0.531. The van der Waals surface area contributed by atoms with Crippen LogP contribution in [-0.2, 0) is 0 Å². The second-order valence-corrected chi connectivity index (χ2v) is 3.52. The molecule has 18 heavy (non-hydrogen) atoms. The standard InChI is InChI=1S/C13H11FN2O2/c1-18-12-6-5-9(8-10(12)14)16-13(17)11-4-2-3-7-15-11/h2-8H,1H3,(H,16,17). The molecule has 1 N–H and O–H groups in total. The highest BCUT2D eigenvalue weighted by Crippen LogP contribution is 2.20. The third-order valence-electron chi connectivity index (χ3n) is 2.31. The van der Waals surface area contributed by atoms with Gasteiger partial charge in [-0.2, -0.15) is 0 Å². The van der Waals surface area contributed by atoms with Gasteiger partial charge in [-0.1, -0.05) is 6.07 Å². The van der Waals surface area contributed by atoms with Crippen LogP contribution < -0.4 is 10.1 Å². The highest BCUT2D eigenvalue weighted by atomic mass is 19.1. The lowest BCUT2D eigenvalue weighted by atomic mass is 10.2. The first-order chi connectivity index (χ1) is 8.70. The lowest BCUT2D eigenvalue weighted by Crippen LogP contribution is -2.13. The summed E-state index contributed by atoms with van der Waals surface area (Å²) in [5.74, 6) is -0.790. The zero-order valence-corrected chi connectivity index (χ0v) is 9.68. The normalized spacial score (nSPS) is 9.89. The van der Waals surface area contributed by atoms with Crippen molar-refractivity contribution in [1.82, 2.24) is 4.98 Å². The first kappa shape index (κ1) is 12.0. The predicted octanol–water partition coefficient (Wildman–Crippen LogP) is 2.48. The number of aromatic nitrogens is 1. The smallest absolute Gasteiger partial charge is 0.274 e. The van der Waals surface area contributed by atoms with E-state index in [1.54, 1.807) is 24.3 Å². The Morgan fingerprint density at radius 1 is 1.33 bits per heavy atom. The molecule has 0 bridgehead atoms. The molecule has 0 aliphatic carbocycles. The monoisotopic (exact) mass is 246 g/mol. The van der Waals surface area contributed by atoms with Gasteiger partial charge in [0.1, 0.15) is 5.69 Å². The highest BCUT2D eigenvalue weighted by Gasteiger charge is 2.09. The Kier molecular flexibility index (Phi) is 3.52. The molecule has 0 radical (unpaired) electrons. The predicted molar refractivity (Wildman–Crippen MR) is 65.1 cm³/mol. The summed E-state index contributed by atoms with van der Waals surface area (Å²) in [5, 5.41) is 2.55. The molecule has 1 amide bonds. The average Bonchev–Trinajstić information content (AvgIpc) is 2.40. The zero-order valence-electron chi connectivity index (χ0n) is 9.68. The van der Waals surface area contributed by atoms with Crippen LogP contribution in [-0.4, -0.2) is 18.0 Å². The maximum Gasteiger partial charge on any atom is 0.274 e. The van der Waals surface area contributed by atoms with Crippen LogP contribution in [0.15, 0.2) is 42.6 Å². The van der Waals surface area contributed by atoms with E-state index < -0.39 is 5.82 Å². The Labute approximate surface area is 103 Å². The van der Waals surface area contributed by atoms with Crippen LogP contribution in [0.5, 0.6) is 5.75 Å². The van der Waals surface area contributed by atoms with Gasteiger partial charge in [0.25, 0.3) is 5.91 Å². The number of amides is 1. The average molecular weight is 246 g/mol. The molecular weight excluding hydrogens is 235 g/mol. The van der Waals surface area contributed by atoms with Crippen molar-refractivity contribution in [2.24, 2.45) is 0 Å². The van der Waals surface area contributed by atoms with Crippen LogP contribution in [0.4, 0.5) is 10.1 Å². The number of carbonyl (C=O) groups excluding carboxylic acids is 1. The second-order valence-electron chi connectivity index (χ2n) is 3.52. The number of nitrogens with zero attached hydrogens (tertiary/aromatic N) is 1. The van der Waals surface area contributed by atoms with E-state index in [0.29, 0.717) is 5.69 Å². The van der Waals surface area contributed by atoms with Crippen molar-refractivity contribution in [3.63, 3.8) is 0 Å². The van der Waals surface area contributed by atoms with Crippen LogP contribution in [0, 0.1) is 5.82 Å². The minimum absolute atomic E-state index is 0.130. The summed E-state index contributed by atoms with van der Waals surface area (Å²) in [7, 11) is 1.38. The third kappa shape index (κ3) is 2.63. The Bertz CT molecular complexity index is 558. The quantitative estimate of drug-likeness (QED) is 0.905. The number of rotatable bonds is 3. The van der Waals surface area contributed by atoms with Crippen molar-refractivity contribution >= 4 is 11.6 Å². The molecule has 92 valence electrons. The SMILES string of the molecule is COc1ccc(NC(=O)c2ccccn2)cc1F. The molecule has 0 saturated heterocycles. The van der Waals surface area contributed by atoms with Crippen LogP contribution in [0.3, 0.4) is 0 Å². The Morgan fingerprint density at radius 3 is 2.78 bits per heavy atom. The Morgan fingerprint density at radius 2 is 2.17 bits per heavy atom. The van der Waals surface area contributed by atoms with E-state index in [1.165, 1.54) is 25.4 Å². The van der Waals surface area contributed by atoms with E-state index in [0.717, 1.165) is 0 Å². The lowest BCUT2D eigenvalue weighted by Gasteiger charge is -2.06. The van der Waals surface area contributed by atoms with Gasteiger partial charge < -0.3 is 10.1 Å². The number of methoxy groups -OCH3 is 1. The number of anilines is 1. The number of pyridine rings is 1. The van der Waals surface area contributed by atoms with Gasteiger partial charge in [-0.3, -0.25) is 9.78 Å². The molecule has 0 fully saturated rings. The summed E-state index contributed by atoms with van der Waals surface area (Å²) < 4.78 is 18.2. The molecule has 4 nitrogen and oxygen atoms in total. The summed E-state index contributed by atoms with van der Waals surface area (Å²) in [4.78, 5) is 15.7. The number of carbonyl (C=O) groups is 1. The van der Waals surface area contributed by atoms with Crippen LogP contribution in [0.2, 0.25) is 0 Å². The fourth-order valence-electron chi connectivity index (χ4n) is 1.44. The highest BCUT2D eigenvalue weighted by molar-refractivity contribution is 6.02. The Hall–Kier alpha value is -2.43. The van der Waals surface area contributed by atoms with Gasteiger partial charge in [0.2, 0.25) is 0 Å². The molecule has 1 aromatic carbocycles. The number of hydrogen-bond donors (Lipinski definition) is 1. The Balaban J connectivity index is 2.15. The van der Waals surface area contributed by atoms with Crippen molar-refractivity contribution in [2.45, 2.75) is 0 Å². The van der Waals surface area contributed by atoms with Gasteiger partial charge in [0.05, 0.1) is 7.11 Å². The van der Waals surface area contributed by atoms with Crippen molar-refractivity contribution in [2.75, 3.05) is 12.4 Å². The molecule has 5 heteroatoms. The zero-order chi connectivity index (χ0) is 13.0. The van der Waals surface area contributed by atoms with Crippen LogP contribution in [0.25, 0.3) is 0 Å². The summed E-state index contributed by atoms with van der Waals surface area (Å²) in [6, 6.07) is 9.20. The maximum absolute atomic E-state index is 13.4. The molecule has 0 atom stereocenters. The van der Waals surface area contributed by atoms with Crippen molar-refractivity contribution in [3.8, 4) is 5.75 Å². The molecule has 1 aromatic heterocycles. The van der Waals surface area contributed by atoms with E-state index in [4.69, 9.17) is 4.74 Å². The summed E-state index contributed by atoms with van der Waals surface area (Å²) in [6.07, 6.45) is 1.52. The maximum atomic E-state index is 13.4. The van der Waals surface area contributed by atoms with Gasteiger partial charge in [-0.15, -0.1) is 0 Å². The van der Waals surface area contributed by atoms with Gasteiger partial charge in [0.15, 0.2) is 11.6 Å². The van der Waals surface area contributed by atoms with Crippen molar-refractivity contribution in [3.05, 3.63) is 54.1 Å². The summed E-state index contributed by atoms with van der Waals surface area (Å²) in [6.45, 7) is 0. The number of ether oxygens (including phenoxy) is 1. The first-order valence-corrected chi connectivity index (χ1v) is 5.26. The fourth-order valence-corrected chi connectivity index (χ4v) is 1.44. The van der Waals surface area contributed by atoms with E-state index in [-0.39, 0.29) is 17.4 Å². The summed E-state index contributed by atoms with van der Waals surface area (Å²) in [5.41, 5.74) is 0.623. The van der Waals surface area contributed by atoms with E-state index in [1.807, 2.05) is 0 Å². The largest absolute Gasteiger partial charge is 0.494 e. The van der Waals surface area contributed by atoms with Crippen LogP contribution >= 0.6 is 0 Å². The molecule has 0 aliphatic heterocycles. The van der Waals surface area contributed by atoms with Crippen molar-refractivity contribution < 1.29 is 13.9 Å². The number of nitrogens with one attached hydrogen (secondary N) is 1. The topological polar surface area (TPSA) is 51.2 Å². The molecule has 1 heterocycles. The third-order valence-corrected chi connectivity index (χ3v) is 2.31. The van der Waals surface area contributed by atoms with Gasteiger partial charge in [0, 0.05) is 18.0 Å². The molecule has 0 aliphatic rings. The molecule has 0 spiro atoms. The van der Waals surface area contributed by atoms with E-state index in [9.17, 15) is 9.18 Å². The molecule has 0 saturated carbocycles. The van der Waals surface area contributed by atoms with Gasteiger partial charge in [-0.05, 0) is 24.3 Å². The fraction of sp³-hybridized carbons (Fsp3) is 0.0769. The molecule has 2 aromatic rings. The first-order valence-electron chi connectivity index (χ1n) is 5.26. The number of benzene rings is 1. The summed E-state index contributed by atoms with van der Waals surface area (Å²) >= 11 is 0. The van der Waals surface area contributed by atoms with Crippen molar-refractivity contribution in [1.29, 1.82) is 0 Å². The number of halogens is 1. The van der Waals surface area contributed by atoms with Crippen LogP contribution in [0.1, 0.15) is 10.5 Å². The molecule has 0 unspecified atom stereocenters. The molecular formula is C13H11FN2O2. The second kappa shape index (κ2) is 5.27. The van der Waals surface area contributed by atoms with Gasteiger partial charge >= 0.3 is 0 Å².